The van der Waals surface area contributed by atoms with Crippen LogP contribution in [0.25, 0.3) is 0 Å². The summed E-state index contributed by atoms with van der Waals surface area (Å²) in [5.41, 5.74) is 5.22. The Kier molecular flexibility index (Phi) is 3.52. The van der Waals surface area contributed by atoms with Gasteiger partial charge in [-0.25, -0.2) is 0 Å². The van der Waals surface area contributed by atoms with Crippen molar-refractivity contribution in [3.8, 4) is 11.5 Å². The van der Waals surface area contributed by atoms with Gasteiger partial charge in [-0.3, -0.25) is 5.41 Å². The number of nitrogens with one attached hydrogen (secondary N) is 1. The van der Waals surface area contributed by atoms with E-state index in [0.717, 1.165) is 11.8 Å². The molecular weight excluding hydrogens is 204 g/mol. The van der Waals surface area contributed by atoms with Crippen LogP contribution in [0.1, 0.15) is 0 Å². The predicted octanol–water partition coefficient (Wildman–Crippen LogP) is 0.479. The minimum absolute atomic E-state index is 0.0779. The molecule has 1 aromatic heterocycles. The first-order valence-electron chi connectivity index (χ1n) is 3.64. The summed E-state index contributed by atoms with van der Waals surface area (Å²) in [5, 5.41) is 14.9. The first-order valence-corrected chi connectivity index (χ1v) is 4.46. The molecule has 1 aromatic rings. The molecule has 76 valence electrons. The normalized spacial score (nSPS) is 9.57. The SMILES string of the molecule is COc1cnnc(SC(=N)N)c1OC. The van der Waals surface area contributed by atoms with Crippen LogP contribution in [0.4, 0.5) is 0 Å². The maximum absolute atomic E-state index is 7.11. The molecule has 0 aliphatic heterocycles. The van der Waals surface area contributed by atoms with Crippen LogP contribution in [0.15, 0.2) is 11.2 Å². The van der Waals surface area contributed by atoms with Crippen LogP contribution < -0.4 is 15.2 Å². The third-order valence-corrected chi connectivity index (χ3v) is 2.05. The highest BCUT2D eigenvalue weighted by molar-refractivity contribution is 8.13. The smallest absolute Gasteiger partial charge is 0.197 e. The van der Waals surface area contributed by atoms with Gasteiger partial charge in [0.05, 0.1) is 20.4 Å². The van der Waals surface area contributed by atoms with Gasteiger partial charge in [-0.2, -0.15) is 5.10 Å². The average molecular weight is 214 g/mol. The highest BCUT2D eigenvalue weighted by Crippen LogP contribution is 2.34. The van der Waals surface area contributed by atoms with Crippen molar-refractivity contribution >= 4 is 16.9 Å². The van der Waals surface area contributed by atoms with E-state index < -0.39 is 0 Å². The fourth-order valence-corrected chi connectivity index (χ4v) is 1.42. The molecule has 0 radical (unpaired) electrons. The van der Waals surface area contributed by atoms with Gasteiger partial charge in [0.1, 0.15) is 0 Å². The summed E-state index contributed by atoms with van der Waals surface area (Å²) < 4.78 is 10.1. The van der Waals surface area contributed by atoms with Gasteiger partial charge >= 0.3 is 0 Å². The largest absolute Gasteiger partial charge is 0.491 e. The van der Waals surface area contributed by atoms with E-state index in [1.165, 1.54) is 20.4 Å². The van der Waals surface area contributed by atoms with E-state index in [9.17, 15) is 0 Å². The van der Waals surface area contributed by atoms with E-state index >= 15 is 0 Å². The number of hydrogen-bond donors (Lipinski definition) is 2. The van der Waals surface area contributed by atoms with E-state index in [0.29, 0.717) is 16.5 Å². The molecule has 0 amide bonds. The molecule has 0 bridgehead atoms. The highest BCUT2D eigenvalue weighted by atomic mass is 32.2. The maximum atomic E-state index is 7.11. The molecule has 0 saturated heterocycles. The first-order chi connectivity index (χ1) is 6.69. The average Bonchev–Trinajstić information content (AvgIpc) is 2.16. The molecule has 6 nitrogen and oxygen atoms in total. The quantitative estimate of drug-likeness (QED) is 0.432. The molecule has 0 unspecified atom stereocenters. The summed E-state index contributed by atoms with van der Waals surface area (Å²) in [6, 6.07) is 0. The van der Waals surface area contributed by atoms with Crippen LogP contribution >= 0.6 is 11.8 Å². The lowest BCUT2D eigenvalue weighted by molar-refractivity contribution is 0.341. The molecule has 1 heterocycles. The molecule has 14 heavy (non-hydrogen) atoms. The lowest BCUT2D eigenvalue weighted by atomic mass is 10.5. The Morgan fingerprint density at radius 3 is 2.71 bits per heavy atom. The Hall–Kier alpha value is -1.50. The molecule has 0 saturated carbocycles. The predicted molar refractivity (Wildman–Crippen MR) is 52.9 cm³/mol. The molecule has 1 rings (SSSR count). The molecule has 0 aliphatic rings. The first kappa shape index (κ1) is 10.6. The Bertz CT molecular complexity index is 344. The number of rotatable bonds is 3. The van der Waals surface area contributed by atoms with Gasteiger partial charge < -0.3 is 15.2 Å². The fraction of sp³-hybridized carbons (Fsp3) is 0.286. The lowest BCUT2D eigenvalue weighted by Crippen LogP contribution is -2.05. The molecule has 0 aromatic carbocycles. The molecular formula is C7H10N4O2S. The van der Waals surface area contributed by atoms with Crippen LogP contribution in [-0.4, -0.2) is 29.6 Å². The number of hydrogen-bond acceptors (Lipinski definition) is 6. The summed E-state index contributed by atoms with van der Waals surface area (Å²) in [7, 11) is 2.99. The number of nitrogens with two attached hydrogens (primary N) is 1. The second kappa shape index (κ2) is 4.66. The Labute approximate surface area is 85.3 Å². The van der Waals surface area contributed by atoms with Crippen molar-refractivity contribution < 1.29 is 9.47 Å². The standard InChI is InChI=1S/C7H10N4O2S/c1-12-4-3-10-11-6(5(4)13-2)14-7(8)9/h3H,1-2H3,(H3,8,9). The van der Waals surface area contributed by atoms with Gasteiger partial charge in [0, 0.05) is 0 Å². The molecule has 0 aliphatic carbocycles. The second-order valence-electron chi connectivity index (χ2n) is 2.22. The van der Waals surface area contributed by atoms with Crippen LogP contribution in [-0.2, 0) is 0 Å². The van der Waals surface area contributed by atoms with Crippen molar-refractivity contribution in [2.24, 2.45) is 5.73 Å². The summed E-state index contributed by atoms with van der Waals surface area (Å²) >= 11 is 0.962. The number of nitrogens with zero attached hydrogens (tertiary/aromatic N) is 2. The lowest BCUT2D eigenvalue weighted by Gasteiger charge is -2.08. The summed E-state index contributed by atoms with van der Waals surface area (Å²) in [6.07, 6.45) is 1.43. The van der Waals surface area contributed by atoms with Crippen molar-refractivity contribution in [2.75, 3.05) is 14.2 Å². The van der Waals surface area contributed by atoms with Crippen molar-refractivity contribution in [1.82, 2.24) is 10.2 Å². The minimum atomic E-state index is -0.0779. The van der Waals surface area contributed by atoms with Crippen molar-refractivity contribution in [2.45, 2.75) is 5.03 Å². The highest BCUT2D eigenvalue weighted by Gasteiger charge is 2.13. The van der Waals surface area contributed by atoms with E-state index in [2.05, 4.69) is 10.2 Å². The number of amidine groups is 1. The van der Waals surface area contributed by atoms with E-state index in [1.54, 1.807) is 0 Å². The second-order valence-corrected chi connectivity index (χ2v) is 3.25. The zero-order valence-corrected chi connectivity index (χ0v) is 8.59. The summed E-state index contributed by atoms with van der Waals surface area (Å²) in [5.74, 6) is 0.897. The zero-order chi connectivity index (χ0) is 10.6. The van der Waals surface area contributed by atoms with Gasteiger partial charge in [-0.05, 0) is 11.8 Å². The van der Waals surface area contributed by atoms with E-state index in [4.69, 9.17) is 20.6 Å². The number of aromatic nitrogens is 2. The third kappa shape index (κ3) is 2.25. The van der Waals surface area contributed by atoms with Crippen molar-refractivity contribution in [3.63, 3.8) is 0 Å². The topological polar surface area (TPSA) is 94.1 Å². The van der Waals surface area contributed by atoms with E-state index in [1.807, 2.05) is 0 Å². The van der Waals surface area contributed by atoms with Gasteiger partial charge in [0.15, 0.2) is 21.7 Å². The number of thioether (sulfide) groups is 1. The van der Waals surface area contributed by atoms with Gasteiger partial charge in [-0.15, -0.1) is 5.10 Å². The number of methoxy groups -OCH3 is 2. The van der Waals surface area contributed by atoms with E-state index in [-0.39, 0.29) is 5.17 Å². The summed E-state index contributed by atoms with van der Waals surface area (Å²) in [6.45, 7) is 0. The van der Waals surface area contributed by atoms with Crippen molar-refractivity contribution in [1.29, 1.82) is 5.41 Å². The van der Waals surface area contributed by atoms with Gasteiger partial charge in [0.2, 0.25) is 0 Å². The van der Waals surface area contributed by atoms with Crippen LogP contribution in [0, 0.1) is 5.41 Å². The fourth-order valence-electron chi connectivity index (χ4n) is 0.847. The molecule has 7 heteroatoms. The molecule has 0 fully saturated rings. The monoisotopic (exact) mass is 214 g/mol. The molecule has 0 spiro atoms. The Morgan fingerprint density at radius 2 is 2.21 bits per heavy atom. The van der Waals surface area contributed by atoms with Gasteiger partial charge in [0.25, 0.3) is 0 Å². The van der Waals surface area contributed by atoms with Crippen LogP contribution in [0.3, 0.4) is 0 Å². The van der Waals surface area contributed by atoms with Crippen molar-refractivity contribution in [3.05, 3.63) is 6.20 Å². The molecule has 3 N–H and O–H groups in total. The van der Waals surface area contributed by atoms with Gasteiger partial charge in [-0.1, -0.05) is 0 Å². The molecule has 0 atom stereocenters. The van der Waals surface area contributed by atoms with Crippen LogP contribution in [0.5, 0.6) is 11.5 Å². The number of ether oxygens (including phenoxy) is 2. The zero-order valence-electron chi connectivity index (χ0n) is 7.77. The summed E-state index contributed by atoms with van der Waals surface area (Å²) in [4.78, 5) is 0. The third-order valence-electron chi connectivity index (χ3n) is 1.37. The Morgan fingerprint density at radius 1 is 1.50 bits per heavy atom. The Balaban J connectivity index is 3.08. The maximum Gasteiger partial charge on any atom is 0.197 e. The van der Waals surface area contributed by atoms with Crippen LogP contribution in [0.2, 0.25) is 0 Å². The minimum Gasteiger partial charge on any atom is -0.491 e.